The molecule has 0 amide bonds. The number of rotatable bonds is 5. The van der Waals surface area contributed by atoms with Crippen LogP contribution in [-0.4, -0.2) is 18.6 Å². The van der Waals surface area contributed by atoms with E-state index in [0.29, 0.717) is 28.5 Å². The first kappa shape index (κ1) is 15.8. The largest absolute Gasteiger partial charge is 0.497 e. The number of thiazole rings is 1. The van der Waals surface area contributed by atoms with Crippen molar-refractivity contribution in [2.24, 2.45) is 0 Å². The maximum absolute atomic E-state index is 12.7. The molecule has 0 radical (unpaired) electrons. The molecule has 1 aromatic carbocycles. The number of aromatic nitrogens is 1. The molecule has 1 unspecified atom stereocenters. The van der Waals surface area contributed by atoms with Crippen molar-refractivity contribution in [3.63, 3.8) is 0 Å². The predicted octanol–water partition coefficient (Wildman–Crippen LogP) is 3.87. The SMILES string of the molecule is CCNC(c1ccc(OC)cc1)c1cnc(C(F)(F)F)s1. The summed E-state index contributed by atoms with van der Waals surface area (Å²) in [6.45, 7) is 2.54. The molecule has 114 valence electrons. The van der Waals surface area contributed by atoms with Crippen LogP contribution in [0.4, 0.5) is 13.2 Å². The van der Waals surface area contributed by atoms with Gasteiger partial charge in [-0.15, -0.1) is 11.3 Å². The lowest BCUT2D eigenvalue weighted by Gasteiger charge is -2.16. The quantitative estimate of drug-likeness (QED) is 0.909. The number of ether oxygens (including phenoxy) is 1. The molecule has 2 aromatic rings. The van der Waals surface area contributed by atoms with E-state index in [1.807, 2.05) is 19.1 Å². The summed E-state index contributed by atoms with van der Waals surface area (Å²) in [5.74, 6) is 0.703. The molecule has 0 aliphatic rings. The third-order valence-electron chi connectivity index (χ3n) is 2.91. The number of methoxy groups -OCH3 is 1. The Labute approximate surface area is 124 Å². The molecule has 0 spiro atoms. The molecule has 2 rings (SSSR count). The van der Waals surface area contributed by atoms with Gasteiger partial charge in [0.05, 0.1) is 13.2 Å². The van der Waals surface area contributed by atoms with Gasteiger partial charge in [0.15, 0.2) is 5.01 Å². The Morgan fingerprint density at radius 2 is 1.95 bits per heavy atom. The third kappa shape index (κ3) is 3.74. The van der Waals surface area contributed by atoms with Crippen LogP contribution >= 0.6 is 11.3 Å². The summed E-state index contributed by atoms with van der Waals surface area (Å²) in [6, 6.07) is 6.92. The lowest BCUT2D eigenvalue weighted by molar-refractivity contribution is -0.137. The highest BCUT2D eigenvalue weighted by Crippen LogP contribution is 2.36. The van der Waals surface area contributed by atoms with Gasteiger partial charge < -0.3 is 10.1 Å². The number of nitrogens with zero attached hydrogens (tertiary/aromatic N) is 1. The topological polar surface area (TPSA) is 34.1 Å². The van der Waals surface area contributed by atoms with Gasteiger partial charge in [0.2, 0.25) is 0 Å². The van der Waals surface area contributed by atoms with Gasteiger partial charge in [-0.05, 0) is 24.2 Å². The van der Waals surface area contributed by atoms with Crippen molar-refractivity contribution in [3.8, 4) is 5.75 Å². The number of benzene rings is 1. The van der Waals surface area contributed by atoms with Crippen molar-refractivity contribution in [2.75, 3.05) is 13.7 Å². The minimum absolute atomic E-state index is 0.311. The molecule has 21 heavy (non-hydrogen) atoms. The van der Waals surface area contributed by atoms with Crippen LogP contribution in [0.2, 0.25) is 0 Å². The first-order valence-electron chi connectivity index (χ1n) is 6.36. The van der Waals surface area contributed by atoms with E-state index in [1.165, 1.54) is 6.20 Å². The molecular weight excluding hydrogens is 301 g/mol. The Kier molecular flexibility index (Phi) is 4.84. The second-order valence-corrected chi connectivity index (χ2v) is 5.39. The highest BCUT2D eigenvalue weighted by molar-refractivity contribution is 7.11. The van der Waals surface area contributed by atoms with Crippen molar-refractivity contribution < 1.29 is 17.9 Å². The number of hydrogen-bond acceptors (Lipinski definition) is 4. The second-order valence-electron chi connectivity index (χ2n) is 4.33. The molecule has 0 saturated heterocycles. The minimum atomic E-state index is -4.40. The Balaban J connectivity index is 2.31. The van der Waals surface area contributed by atoms with Crippen molar-refractivity contribution >= 4 is 11.3 Å². The molecule has 1 aromatic heterocycles. The molecule has 0 bridgehead atoms. The lowest BCUT2D eigenvalue weighted by atomic mass is 10.1. The average molecular weight is 316 g/mol. The molecule has 7 heteroatoms. The fraction of sp³-hybridized carbons (Fsp3) is 0.357. The van der Waals surface area contributed by atoms with Crippen LogP contribution in [-0.2, 0) is 6.18 Å². The fourth-order valence-corrected chi connectivity index (χ4v) is 2.82. The number of hydrogen-bond donors (Lipinski definition) is 1. The Hall–Kier alpha value is -1.60. The van der Waals surface area contributed by atoms with Gasteiger partial charge in [0, 0.05) is 11.1 Å². The Morgan fingerprint density at radius 1 is 1.29 bits per heavy atom. The van der Waals surface area contributed by atoms with Gasteiger partial charge in [-0.2, -0.15) is 13.2 Å². The van der Waals surface area contributed by atoms with Crippen LogP contribution in [0.1, 0.15) is 28.4 Å². The fourth-order valence-electron chi connectivity index (χ4n) is 1.93. The normalized spacial score (nSPS) is 13.2. The van der Waals surface area contributed by atoms with Gasteiger partial charge in [0.1, 0.15) is 5.75 Å². The van der Waals surface area contributed by atoms with Crippen molar-refractivity contribution in [1.29, 1.82) is 0 Å². The van der Waals surface area contributed by atoms with Crippen molar-refractivity contribution in [2.45, 2.75) is 19.1 Å². The van der Waals surface area contributed by atoms with Crippen molar-refractivity contribution in [3.05, 3.63) is 45.9 Å². The van der Waals surface area contributed by atoms with E-state index in [4.69, 9.17) is 4.74 Å². The zero-order chi connectivity index (χ0) is 15.5. The molecule has 0 saturated carbocycles. The second kappa shape index (κ2) is 6.44. The van der Waals surface area contributed by atoms with Gasteiger partial charge in [-0.25, -0.2) is 4.98 Å². The van der Waals surface area contributed by atoms with E-state index in [-0.39, 0.29) is 6.04 Å². The van der Waals surface area contributed by atoms with Crippen molar-refractivity contribution in [1.82, 2.24) is 10.3 Å². The first-order chi connectivity index (χ1) is 9.95. The summed E-state index contributed by atoms with van der Waals surface area (Å²) in [6.07, 6.45) is -3.12. The van der Waals surface area contributed by atoms with Crippen LogP contribution in [0, 0.1) is 0 Å². The summed E-state index contributed by atoms with van der Waals surface area (Å²) >= 11 is 0.663. The summed E-state index contributed by atoms with van der Waals surface area (Å²) < 4.78 is 43.1. The molecule has 3 nitrogen and oxygen atoms in total. The van der Waals surface area contributed by atoms with Gasteiger partial charge in [0.25, 0.3) is 0 Å². The monoisotopic (exact) mass is 316 g/mol. The third-order valence-corrected chi connectivity index (χ3v) is 4.01. The van der Waals surface area contributed by atoms with E-state index in [1.54, 1.807) is 19.2 Å². The zero-order valence-electron chi connectivity index (χ0n) is 11.6. The van der Waals surface area contributed by atoms with Crippen LogP contribution in [0.3, 0.4) is 0 Å². The highest BCUT2D eigenvalue weighted by atomic mass is 32.1. The number of alkyl halides is 3. The highest BCUT2D eigenvalue weighted by Gasteiger charge is 2.35. The summed E-state index contributed by atoms with van der Waals surface area (Å²) in [4.78, 5) is 4.02. The maximum atomic E-state index is 12.7. The maximum Gasteiger partial charge on any atom is 0.443 e. The molecule has 0 aliphatic carbocycles. The standard InChI is InChI=1S/C14H15F3N2OS/c1-3-18-12(9-4-6-10(20-2)7-5-9)11-8-19-13(21-11)14(15,16)17/h4-8,12,18H,3H2,1-2H3. The minimum Gasteiger partial charge on any atom is -0.497 e. The summed E-state index contributed by atoms with van der Waals surface area (Å²) in [7, 11) is 1.57. The smallest absolute Gasteiger partial charge is 0.443 e. The van der Waals surface area contributed by atoms with E-state index >= 15 is 0 Å². The number of nitrogens with one attached hydrogen (secondary N) is 1. The van der Waals surface area contributed by atoms with Gasteiger partial charge >= 0.3 is 6.18 Å². The Bertz CT molecular complexity index is 581. The zero-order valence-corrected chi connectivity index (χ0v) is 12.4. The Morgan fingerprint density at radius 3 is 2.43 bits per heavy atom. The summed E-state index contributed by atoms with van der Waals surface area (Å²) in [5.41, 5.74) is 0.870. The average Bonchev–Trinajstić information content (AvgIpc) is 2.94. The van der Waals surface area contributed by atoms with Gasteiger partial charge in [-0.1, -0.05) is 19.1 Å². The van der Waals surface area contributed by atoms with E-state index in [2.05, 4.69) is 10.3 Å². The van der Waals surface area contributed by atoms with E-state index in [9.17, 15) is 13.2 Å². The molecular formula is C14H15F3N2OS. The first-order valence-corrected chi connectivity index (χ1v) is 7.17. The van der Waals surface area contributed by atoms with Crippen LogP contribution < -0.4 is 10.1 Å². The lowest BCUT2D eigenvalue weighted by Crippen LogP contribution is -2.21. The van der Waals surface area contributed by atoms with Gasteiger partial charge in [-0.3, -0.25) is 0 Å². The van der Waals surface area contributed by atoms with Crippen LogP contribution in [0.25, 0.3) is 0 Å². The summed E-state index contributed by atoms with van der Waals surface area (Å²) in [5, 5.41) is 2.35. The molecule has 0 aliphatic heterocycles. The number of halogens is 3. The predicted molar refractivity (Wildman–Crippen MR) is 75.6 cm³/mol. The molecule has 0 fully saturated rings. The molecule has 1 atom stereocenters. The van der Waals surface area contributed by atoms with Crippen LogP contribution in [0.15, 0.2) is 30.5 Å². The van der Waals surface area contributed by atoms with E-state index in [0.717, 1.165) is 5.56 Å². The molecule has 1 heterocycles. The molecule has 1 N–H and O–H groups in total. The van der Waals surface area contributed by atoms with E-state index < -0.39 is 11.2 Å². The van der Waals surface area contributed by atoms with Crippen LogP contribution in [0.5, 0.6) is 5.75 Å².